The molecule has 0 radical (unpaired) electrons. The van der Waals surface area contributed by atoms with Crippen LogP contribution >= 0.6 is 21.6 Å². The number of nitrogens with zero attached hydrogens (tertiary/aromatic N) is 4. The molecule has 0 aliphatic heterocycles. The first kappa shape index (κ1) is 35.7. The van der Waals surface area contributed by atoms with Crippen molar-refractivity contribution in [2.24, 2.45) is 0 Å². The maximum Gasteiger partial charge on any atom is 0.205 e. The number of benzene rings is 2. The van der Waals surface area contributed by atoms with Crippen molar-refractivity contribution < 1.29 is 43.1 Å². The van der Waals surface area contributed by atoms with Crippen LogP contribution in [0, 0.1) is 0 Å². The molecule has 0 spiro atoms. The fourth-order valence-corrected chi connectivity index (χ4v) is 6.14. The summed E-state index contributed by atoms with van der Waals surface area (Å²) in [6.45, 7) is 1.97. The normalized spacial score (nSPS) is 10.9. The van der Waals surface area contributed by atoms with Crippen LogP contribution in [0.2, 0.25) is 0 Å². The first-order chi connectivity index (χ1) is 19.5. The number of rotatable bonds is 13. The molecule has 4 aromatic rings. The van der Waals surface area contributed by atoms with Crippen molar-refractivity contribution in [3.05, 3.63) is 120 Å². The first-order valence-corrected chi connectivity index (χ1v) is 16.1. The molecule has 0 amide bonds. The fraction of sp³-hybridized carbons (Fsp3) is 0.235. The second-order valence-corrected chi connectivity index (χ2v) is 12.6. The van der Waals surface area contributed by atoms with Crippen LogP contribution in [0.1, 0.15) is 22.5 Å². The maximum atomic E-state index is 2.33. The lowest BCUT2D eigenvalue weighted by Crippen LogP contribution is -3.00. The van der Waals surface area contributed by atoms with E-state index in [4.69, 9.17) is 0 Å². The van der Waals surface area contributed by atoms with Gasteiger partial charge in [-0.3, -0.25) is 0 Å². The summed E-state index contributed by atoms with van der Waals surface area (Å²) in [5, 5.41) is 0. The van der Waals surface area contributed by atoms with E-state index in [1.165, 1.54) is 33.9 Å². The van der Waals surface area contributed by atoms with E-state index < -0.39 is 0 Å². The Balaban J connectivity index is 0.00000308. The number of pyridine rings is 2. The Bertz CT molecular complexity index is 1300. The summed E-state index contributed by atoms with van der Waals surface area (Å²) >= 11 is 0. The van der Waals surface area contributed by atoms with E-state index in [0.29, 0.717) is 0 Å². The van der Waals surface area contributed by atoms with Crippen molar-refractivity contribution in [3.63, 3.8) is 0 Å². The molecule has 2 aromatic heterocycles. The van der Waals surface area contributed by atoms with E-state index in [9.17, 15) is 0 Å². The van der Waals surface area contributed by atoms with Gasteiger partial charge in [-0.2, -0.15) is 9.13 Å². The van der Waals surface area contributed by atoms with Crippen molar-refractivity contribution in [2.45, 2.75) is 13.1 Å². The Hall–Kier alpha value is -2.52. The molecule has 0 aliphatic rings. The fourth-order valence-electron chi connectivity index (χ4n) is 4.21. The average Bonchev–Trinajstić information content (AvgIpc) is 2.98. The minimum atomic E-state index is 0. The number of halogens is 2. The summed E-state index contributed by atoms with van der Waals surface area (Å²) in [6.07, 6.45) is 13.1. The molecular formula is C34H40Br2N4S2. The molecule has 2 heterocycles. The number of hydrogen-bond acceptors (Lipinski definition) is 4. The number of aryl methyl sites for hydroxylation is 2. The Labute approximate surface area is 281 Å². The molecule has 0 unspecified atom stereocenters. The number of anilines is 2. The van der Waals surface area contributed by atoms with E-state index in [0.717, 1.165) is 24.6 Å². The minimum absolute atomic E-state index is 0. The molecular weight excluding hydrogens is 688 g/mol. The van der Waals surface area contributed by atoms with E-state index in [-0.39, 0.29) is 34.0 Å². The molecule has 0 aliphatic carbocycles. The van der Waals surface area contributed by atoms with Crippen LogP contribution in [-0.4, -0.2) is 39.7 Å². The second kappa shape index (κ2) is 18.9. The van der Waals surface area contributed by atoms with Gasteiger partial charge in [0.05, 0.1) is 11.5 Å². The van der Waals surface area contributed by atoms with Crippen LogP contribution in [0.5, 0.6) is 0 Å². The summed E-state index contributed by atoms with van der Waals surface area (Å²) in [4.78, 5) is 4.24. The average molecular weight is 729 g/mol. The highest BCUT2D eigenvalue weighted by molar-refractivity contribution is 8.76. The zero-order valence-corrected chi connectivity index (χ0v) is 29.5. The van der Waals surface area contributed by atoms with Crippen molar-refractivity contribution in [1.29, 1.82) is 0 Å². The van der Waals surface area contributed by atoms with Crippen molar-refractivity contribution >= 4 is 57.3 Å². The highest BCUT2D eigenvalue weighted by atomic mass is 79.9. The zero-order chi connectivity index (χ0) is 28.2. The highest BCUT2D eigenvalue weighted by Gasteiger charge is 2.09. The second-order valence-electron chi connectivity index (χ2n) is 9.92. The molecule has 4 rings (SSSR count). The van der Waals surface area contributed by atoms with Gasteiger partial charge >= 0.3 is 0 Å². The predicted molar refractivity (Wildman–Crippen MR) is 178 cm³/mol. The van der Waals surface area contributed by atoms with E-state index >= 15 is 0 Å². The van der Waals surface area contributed by atoms with Gasteiger partial charge in [-0.05, 0) is 59.7 Å². The van der Waals surface area contributed by atoms with E-state index in [1.54, 1.807) is 0 Å². The van der Waals surface area contributed by atoms with Crippen molar-refractivity contribution in [2.75, 3.05) is 49.5 Å². The lowest BCUT2D eigenvalue weighted by atomic mass is 10.1. The van der Waals surface area contributed by atoms with Crippen LogP contribution in [0.25, 0.3) is 24.3 Å². The third kappa shape index (κ3) is 11.3. The molecule has 0 fully saturated rings. The van der Waals surface area contributed by atoms with Crippen LogP contribution in [0.4, 0.5) is 11.4 Å². The Morgan fingerprint density at radius 3 is 1.26 bits per heavy atom. The van der Waals surface area contributed by atoms with Crippen LogP contribution < -0.4 is 52.9 Å². The van der Waals surface area contributed by atoms with Gasteiger partial charge in [-0.1, -0.05) is 45.9 Å². The van der Waals surface area contributed by atoms with Crippen molar-refractivity contribution in [3.8, 4) is 0 Å². The SMILES string of the molecule is CN(C)c1ccc(C=Cc2cccc[n+]2CCSSCC[n+]2ccccc2C=Cc2ccc(N(C)C)cc2)cc1.[Br-].[Br-]. The Morgan fingerprint density at radius 1 is 0.524 bits per heavy atom. The standard InChI is InChI=1S/C34H40N4S2.2BrH/c1-35(2)31-17-11-29(12-18-31)15-21-33-9-5-7-23-37(33)25-27-39-40-28-26-38-24-8-6-10-34(38)22-16-30-13-19-32(20-14-30)36(3)4;;/h5-24H,25-28H2,1-4H3;2*1H/q+2;;/p-2. The van der Waals surface area contributed by atoms with Gasteiger partial charge in [-0.25, -0.2) is 0 Å². The minimum Gasteiger partial charge on any atom is -1.00 e. The third-order valence-electron chi connectivity index (χ3n) is 6.58. The summed E-state index contributed by atoms with van der Waals surface area (Å²) < 4.78 is 4.66. The van der Waals surface area contributed by atoms with Gasteiger partial charge in [0.1, 0.15) is 0 Å². The topological polar surface area (TPSA) is 14.2 Å². The number of aromatic nitrogens is 2. The van der Waals surface area contributed by atoms with Crippen molar-refractivity contribution in [1.82, 2.24) is 0 Å². The highest BCUT2D eigenvalue weighted by Crippen LogP contribution is 2.21. The summed E-state index contributed by atoms with van der Waals surface area (Å²) in [5.74, 6) is 2.12. The molecule has 42 heavy (non-hydrogen) atoms. The quantitative estimate of drug-likeness (QED) is 0.115. The summed E-state index contributed by atoms with van der Waals surface area (Å²) in [6, 6.07) is 30.1. The predicted octanol–water partition coefficient (Wildman–Crippen LogP) is 0.824. The van der Waals surface area contributed by atoms with Gasteiger partial charge in [0.2, 0.25) is 11.4 Å². The largest absolute Gasteiger partial charge is 1.00 e. The summed E-state index contributed by atoms with van der Waals surface area (Å²) in [5.41, 5.74) is 7.29. The molecule has 0 saturated heterocycles. The Kier molecular flexibility index (Phi) is 16.1. The Morgan fingerprint density at radius 2 is 0.905 bits per heavy atom. The molecule has 0 bridgehead atoms. The smallest absolute Gasteiger partial charge is 0.205 e. The van der Waals surface area contributed by atoms with E-state index in [2.05, 4.69) is 169 Å². The van der Waals surface area contributed by atoms with Gasteiger partial charge in [-0.15, -0.1) is 0 Å². The van der Waals surface area contributed by atoms with Crippen LogP contribution in [0.15, 0.2) is 97.3 Å². The van der Waals surface area contributed by atoms with Gasteiger partial charge in [0.15, 0.2) is 25.5 Å². The molecule has 0 atom stereocenters. The number of hydrogen-bond donors (Lipinski definition) is 0. The van der Waals surface area contributed by atoms with Gasteiger partial charge < -0.3 is 43.8 Å². The van der Waals surface area contributed by atoms with Crippen LogP contribution in [-0.2, 0) is 13.1 Å². The van der Waals surface area contributed by atoms with Gasteiger partial charge in [0, 0.05) is 76.0 Å². The van der Waals surface area contributed by atoms with Gasteiger partial charge in [0.25, 0.3) is 0 Å². The van der Waals surface area contributed by atoms with Crippen LogP contribution in [0.3, 0.4) is 0 Å². The molecule has 0 saturated carbocycles. The third-order valence-corrected chi connectivity index (χ3v) is 8.94. The van der Waals surface area contributed by atoms with E-state index in [1.807, 2.05) is 21.6 Å². The summed E-state index contributed by atoms with van der Waals surface area (Å²) in [7, 11) is 12.2. The lowest BCUT2D eigenvalue weighted by molar-refractivity contribution is -0.694. The first-order valence-electron chi connectivity index (χ1n) is 13.6. The monoisotopic (exact) mass is 726 g/mol. The lowest BCUT2D eigenvalue weighted by Gasteiger charge is -2.11. The molecule has 222 valence electrons. The maximum absolute atomic E-state index is 2.33. The molecule has 8 heteroatoms. The molecule has 4 nitrogen and oxygen atoms in total. The molecule has 2 aromatic carbocycles. The zero-order valence-electron chi connectivity index (χ0n) is 24.7. The molecule has 0 N–H and O–H groups in total.